The van der Waals surface area contributed by atoms with E-state index in [9.17, 15) is 4.79 Å². The van der Waals surface area contributed by atoms with Gasteiger partial charge in [0.15, 0.2) is 5.78 Å². The Balaban J connectivity index is 1.86. The second kappa shape index (κ2) is 5.23. The van der Waals surface area contributed by atoms with Gasteiger partial charge >= 0.3 is 0 Å². The Kier molecular flexibility index (Phi) is 3.44. The summed E-state index contributed by atoms with van der Waals surface area (Å²) in [6, 6.07) is 10.0. The minimum atomic E-state index is 0.186. The molecule has 0 amide bonds. The van der Waals surface area contributed by atoms with Gasteiger partial charge in [0.25, 0.3) is 0 Å². The van der Waals surface area contributed by atoms with Crippen LogP contribution in [0.3, 0.4) is 0 Å². The second-order valence-corrected chi connectivity index (χ2v) is 6.34. The van der Waals surface area contributed by atoms with Crippen LogP contribution in [0.4, 0.5) is 0 Å². The highest BCUT2D eigenvalue weighted by Crippen LogP contribution is 2.24. The van der Waals surface area contributed by atoms with Gasteiger partial charge in [-0.1, -0.05) is 19.1 Å². The van der Waals surface area contributed by atoms with Crippen LogP contribution in [0.2, 0.25) is 0 Å². The molecule has 0 N–H and O–H groups in total. The summed E-state index contributed by atoms with van der Waals surface area (Å²) >= 11 is 3.14. The number of thiazole rings is 1. The van der Waals surface area contributed by atoms with Crippen molar-refractivity contribution in [2.24, 2.45) is 0 Å². The predicted octanol–water partition coefficient (Wildman–Crippen LogP) is 4.35. The molecule has 0 saturated carbocycles. The molecule has 0 atom stereocenters. The first-order valence-electron chi connectivity index (χ1n) is 6.22. The number of benzene rings is 1. The first kappa shape index (κ1) is 12.5. The number of thiophene rings is 1. The summed E-state index contributed by atoms with van der Waals surface area (Å²) in [5.74, 6) is 0.186. The lowest BCUT2D eigenvalue weighted by molar-refractivity contribution is 0.0996. The van der Waals surface area contributed by atoms with Crippen LogP contribution in [0.5, 0.6) is 0 Å². The zero-order valence-electron chi connectivity index (χ0n) is 10.6. The maximum Gasteiger partial charge on any atom is 0.179 e. The van der Waals surface area contributed by atoms with Crippen LogP contribution in [-0.4, -0.2) is 10.8 Å². The first-order chi connectivity index (χ1) is 9.28. The maximum atomic E-state index is 12.3. The minimum absolute atomic E-state index is 0.186. The molecule has 0 aliphatic heterocycles. The van der Waals surface area contributed by atoms with E-state index in [-0.39, 0.29) is 5.78 Å². The van der Waals surface area contributed by atoms with Crippen molar-refractivity contribution in [2.45, 2.75) is 19.8 Å². The Bertz CT molecular complexity index is 693. The molecule has 0 aliphatic rings. The number of hydrogen-bond donors (Lipinski definition) is 0. The molecule has 0 spiro atoms. The Morgan fingerprint density at radius 1 is 1.26 bits per heavy atom. The number of ketones is 1. The smallest absolute Gasteiger partial charge is 0.179 e. The third-order valence-electron chi connectivity index (χ3n) is 3.03. The standard InChI is InChI=1S/C15H13NOS2/c1-2-10-7-8-18-15(10)12(17)9-14-16-11-5-3-4-6-13(11)19-14/h3-8H,2,9H2,1H3. The molecule has 0 saturated heterocycles. The minimum Gasteiger partial charge on any atom is -0.293 e. The lowest BCUT2D eigenvalue weighted by atomic mass is 10.1. The van der Waals surface area contributed by atoms with Crippen molar-refractivity contribution in [2.75, 3.05) is 0 Å². The van der Waals surface area contributed by atoms with Crippen molar-refractivity contribution >= 4 is 38.7 Å². The molecular formula is C15H13NOS2. The number of nitrogens with zero attached hydrogens (tertiary/aromatic N) is 1. The summed E-state index contributed by atoms with van der Waals surface area (Å²) < 4.78 is 1.15. The summed E-state index contributed by atoms with van der Waals surface area (Å²) in [5.41, 5.74) is 2.13. The Morgan fingerprint density at radius 2 is 2.11 bits per heavy atom. The summed E-state index contributed by atoms with van der Waals surface area (Å²) in [4.78, 5) is 17.7. The number of fused-ring (bicyclic) bond motifs is 1. The maximum absolute atomic E-state index is 12.3. The lowest BCUT2D eigenvalue weighted by Gasteiger charge is -1.98. The molecule has 0 aliphatic carbocycles. The van der Waals surface area contributed by atoms with E-state index < -0.39 is 0 Å². The van der Waals surface area contributed by atoms with E-state index in [1.165, 1.54) is 11.3 Å². The van der Waals surface area contributed by atoms with Gasteiger partial charge in [-0.25, -0.2) is 4.98 Å². The number of aryl methyl sites for hydroxylation is 1. The van der Waals surface area contributed by atoms with Crippen molar-refractivity contribution in [3.05, 3.63) is 51.2 Å². The monoisotopic (exact) mass is 287 g/mol. The van der Waals surface area contributed by atoms with Crippen molar-refractivity contribution in [3.8, 4) is 0 Å². The topological polar surface area (TPSA) is 30.0 Å². The molecule has 3 aromatic rings. The van der Waals surface area contributed by atoms with Crippen LogP contribution in [0, 0.1) is 0 Å². The van der Waals surface area contributed by atoms with Gasteiger partial charge in [-0.15, -0.1) is 22.7 Å². The van der Waals surface area contributed by atoms with Crippen molar-refractivity contribution in [1.82, 2.24) is 4.98 Å². The van der Waals surface area contributed by atoms with E-state index in [2.05, 4.69) is 11.9 Å². The molecule has 0 radical (unpaired) electrons. The average molecular weight is 287 g/mol. The highest BCUT2D eigenvalue weighted by Gasteiger charge is 2.15. The van der Waals surface area contributed by atoms with Crippen molar-refractivity contribution < 1.29 is 4.79 Å². The van der Waals surface area contributed by atoms with Gasteiger partial charge in [0.2, 0.25) is 0 Å². The van der Waals surface area contributed by atoms with Gasteiger partial charge in [-0.3, -0.25) is 4.79 Å². The third-order valence-corrected chi connectivity index (χ3v) is 5.06. The van der Waals surface area contributed by atoms with E-state index in [1.807, 2.05) is 35.7 Å². The molecule has 2 heterocycles. The van der Waals surface area contributed by atoms with Crippen LogP contribution >= 0.6 is 22.7 Å². The van der Waals surface area contributed by atoms with Gasteiger partial charge < -0.3 is 0 Å². The average Bonchev–Trinajstić information content (AvgIpc) is 3.03. The normalized spacial score (nSPS) is 11.0. The van der Waals surface area contributed by atoms with Crippen LogP contribution < -0.4 is 0 Å². The quantitative estimate of drug-likeness (QED) is 0.668. The van der Waals surface area contributed by atoms with E-state index in [1.54, 1.807) is 11.3 Å². The first-order valence-corrected chi connectivity index (χ1v) is 7.91. The largest absolute Gasteiger partial charge is 0.293 e. The fraction of sp³-hybridized carbons (Fsp3) is 0.200. The molecule has 19 heavy (non-hydrogen) atoms. The molecule has 2 aromatic heterocycles. The molecule has 0 unspecified atom stereocenters. The number of carbonyl (C=O) groups is 1. The predicted molar refractivity (Wildman–Crippen MR) is 81.4 cm³/mol. The number of para-hydroxylation sites is 1. The second-order valence-electron chi connectivity index (χ2n) is 4.30. The van der Waals surface area contributed by atoms with Gasteiger partial charge in [-0.05, 0) is 35.6 Å². The fourth-order valence-electron chi connectivity index (χ4n) is 2.07. The molecule has 2 nitrogen and oxygen atoms in total. The number of carbonyl (C=O) groups excluding carboxylic acids is 1. The van der Waals surface area contributed by atoms with Gasteiger partial charge in [0, 0.05) is 0 Å². The summed E-state index contributed by atoms with van der Waals surface area (Å²) in [6.07, 6.45) is 1.32. The molecule has 4 heteroatoms. The van der Waals surface area contributed by atoms with Crippen LogP contribution in [0.15, 0.2) is 35.7 Å². The molecular weight excluding hydrogens is 274 g/mol. The van der Waals surface area contributed by atoms with Crippen LogP contribution in [0.1, 0.15) is 27.2 Å². The number of rotatable bonds is 4. The summed E-state index contributed by atoms with van der Waals surface area (Å²) in [5, 5.41) is 2.89. The summed E-state index contributed by atoms with van der Waals surface area (Å²) in [7, 11) is 0. The van der Waals surface area contributed by atoms with Crippen molar-refractivity contribution in [3.63, 3.8) is 0 Å². The lowest BCUT2D eigenvalue weighted by Crippen LogP contribution is -2.03. The van der Waals surface area contributed by atoms with E-state index in [4.69, 9.17) is 0 Å². The number of aromatic nitrogens is 1. The molecule has 0 fully saturated rings. The van der Waals surface area contributed by atoms with E-state index in [0.29, 0.717) is 6.42 Å². The molecule has 96 valence electrons. The van der Waals surface area contributed by atoms with Gasteiger partial charge in [0.05, 0.1) is 21.5 Å². The highest BCUT2D eigenvalue weighted by atomic mass is 32.1. The van der Waals surface area contributed by atoms with Crippen molar-refractivity contribution in [1.29, 1.82) is 0 Å². The van der Waals surface area contributed by atoms with Gasteiger partial charge in [-0.2, -0.15) is 0 Å². The zero-order chi connectivity index (χ0) is 13.2. The van der Waals surface area contributed by atoms with E-state index in [0.717, 1.165) is 32.1 Å². The highest BCUT2D eigenvalue weighted by molar-refractivity contribution is 7.18. The SMILES string of the molecule is CCc1ccsc1C(=O)Cc1nc2ccccc2s1. The molecule has 1 aromatic carbocycles. The van der Waals surface area contributed by atoms with E-state index >= 15 is 0 Å². The number of hydrogen-bond acceptors (Lipinski definition) is 4. The summed E-state index contributed by atoms with van der Waals surface area (Å²) in [6.45, 7) is 2.08. The zero-order valence-corrected chi connectivity index (χ0v) is 12.2. The third kappa shape index (κ3) is 2.46. The Morgan fingerprint density at radius 3 is 2.89 bits per heavy atom. The van der Waals surface area contributed by atoms with Gasteiger partial charge in [0.1, 0.15) is 5.01 Å². The Labute approximate surface area is 119 Å². The fourth-order valence-corrected chi connectivity index (χ4v) is 3.97. The van der Waals surface area contributed by atoms with Crippen LogP contribution in [-0.2, 0) is 12.8 Å². The molecule has 0 bridgehead atoms. The molecule has 3 rings (SSSR count). The van der Waals surface area contributed by atoms with Crippen LogP contribution in [0.25, 0.3) is 10.2 Å². The number of Topliss-reactive ketones (excluding diaryl/α,β-unsaturated/α-hetero) is 1. The Hall–Kier alpha value is -1.52.